The van der Waals surface area contributed by atoms with Crippen LogP contribution in [0.2, 0.25) is 0 Å². The number of ether oxygens (including phenoxy) is 2. The van der Waals surface area contributed by atoms with Crippen molar-refractivity contribution >= 4 is 0 Å². The van der Waals surface area contributed by atoms with Crippen molar-refractivity contribution in [2.45, 2.75) is 6.54 Å². The molecule has 158 valence electrons. The molecule has 2 N–H and O–H groups in total. The maximum absolute atomic E-state index is 9.05. The maximum atomic E-state index is 9.05. The van der Waals surface area contributed by atoms with Gasteiger partial charge in [-0.15, -0.1) is 0 Å². The van der Waals surface area contributed by atoms with Gasteiger partial charge in [-0.2, -0.15) is 5.10 Å². The second-order valence-corrected chi connectivity index (χ2v) is 7.23. The molecule has 2 aromatic carbocycles. The summed E-state index contributed by atoms with van der Waals surface area (Å²) in [5.41, 5.74) is 4.89. The maximum Gasteiger partial charge on any atom is 0.161 e. The molecule has 7 nitrogen and oxygen atoms in total. The fourth-order valence-electron chi connectivity index (χ4n) is 3.62. The molecule has 0 radical (unpaired) electrons. The quantitative estimate of drug-likeness (QED) is 0.447. The number of hydrogen-bond acceptors (Lipinski definition) is 6. The Bertz CT molecular complexity index is 1150. The summed E-state index contributed by atoms with van der Waals surface area (Å²) in [6.45, 7) is 2.36. The molecule has 0 saturated carbocycles. The van der Waals surface area contributed by atoms with Gasteiger partial charge in [0.25, 0.3) is 0 Å². The zero-order valence-corrected chi connectivity index (χ0v) is 17.0. The van der Waals surface area contributed by atoms with Crippen LogP contribution >= 0.6 is 0 Å². The van der Waals surface area contributed by atoms with Gasteiger partial charge in [-0.05, 0) is 47.5 Å². The predicted octanol–water partition coefficient (Wildman–Crippen LogP) is 3.65. The summed E-state index contributed by atoms with van der Waals surface area (Å²) in [6, 6.07) is 18.0. The molecule has 0 spiro atoms. The summed E-state index contributed by atoms with van der Waals surface area (Å²) in [4.78, 5) is 0. The van der Waals surface area contributed by atoms with E-state index in [0.717, 1.165) is 39.6 Å². The van der Waals surface area contributed by atoms with Gasteiger partial charge in [0.05, 0.1) is 18.6 Å². The molecule has 0 bridgehead atoms. The number of aliphatic hydroxyl groups excluding tert-OH is 1. The minimum absolute atomic E-state index is 0.0888. The molecule has 7 heteroatoms. The molecular weight excluding hydrogens is 394 g/mol. The highest BCUT2D eigenvalue weighted by Crippen LogP contribution is 2.34. The van der Waals surface area contributed by atoms with Crippen LogP contribution in [0.25, 0.3) is 28.3 Å². The molecule has 0 aliphatic carbocycles. The highest BCUT2D eigenvalue weighted by atomic mass is 16.6. The average molecular weight is 417 g/mol. The summed E-state index contributed by atoms with van der Waals surface area (Å²) >= 11 is 0. The highest BCUT2D eigenvalue weighted by Gasteiger charge is 2.15. The number of furan rings is 1. The van der Waals surface area contributed by atoms with Gasteiger partial charge in [-0.1, -0.05) is 18.2 Å². The predicted molar refractivity (Wildman–Crippen MR) is 116 cm³/mol. The van der Waals surface area contributed by atoms with Crippen LogP contribution in [0, 0.1) is 0 Å². The zero-order valence-electron chi connectivity index (χ0n) is 17.0. The molecule has 0 amide bonds. The van der Waals surface area contributed by atoms with E-state index < -0.39 is 0 Å². The average Bonchev–Trinajstić information content (AvgIpc) is 3.49. The van der Waals surface area contributed by atoms with Crippen LogP contribution in [-0.2, 0) is 6.54 Å². The smallest absolute Gasteiger partial charge is 0.161 e. The van der Waals surface area contributed by atoms with Crippen LogP contribution in [0.3, 0.4) is 0 Å². The molecule has 1 aliphatic heterocycles. The summed E-state index contributed by atoms with van der Waals surface area (Å²) in [7, 11) is 0. The first kappa shape index (κ1) is 19.4. The molecule has 0 unspecified atom stereocenters. The third-order valence-corrected chi connectivity index (χ3v) is 5.16. The molecule has 1 aliphatic rings. The Morgan fingerprint density at radius 3 is 2.55 bits per heavy atom. The number of benzene rings is 2. The fourth-order valence-corrected chi connectivity index (χ4v) is 3.62. The van der Waals surface area contributed by atoms with Crippen molar-refractivity contribution < 1.29 is 19.0 Å². The number of nitrogens with one attached hydrogen (secondary N) is 1. The van der Waals surface area contributed by atoms with Gasteiger partial charge in [0, 0.05) is 24.8 Å². The Hall–Kier alpha value is -3.55. The number of aliphatic hydroxyl groups is 1. The van der Waals surface area contributed by atoms with Gasteiger partial charge in [-0.3, -0.25) is 0 Å². The fraction of sp³-hybridized carbons (Fsp3) is 0.208. The van der Waals surface area contributed by atoms with E-state index in [1.165, 1.54) is 0 Å². The number of fused-ring (bicyclic) bond motifs is 1. The topological polar surface area (TPSA) is 81.7 Å². The first-order valence-corrected chi connectivity index (χ1v) is 10.3. The summed E-state index contributed by atoms with van der Waals surface area (Å²) < 4.78 is 18.7. The monoisotopic (exact) mass is 417 g/mol. The third kappa shape index (κ3) is 4.05. The van der Waals surface area contributed by atoms with E-state index in [9.17, 15) is 0 Å². The van der Waals surface area contributed by atoms with E-state index in [1.807, 2.05) is 53.3 Å². The summed E-state index contributed by atoms with van der Waals surface area (Å²) in [5.74, 6) is 2.28. The summed E-state index contributed by atoms with van der Waals surface area (Å²) in [5, 5.41) is 17.0. The first-order chi connectivity index (χ1) is 15.3. The van der Waals surface area contributed by atoms with Crippen LogP contribution in [0.15, 0.2) is 71.5 Å². The second-order valence-electron chi connectivity index (χ2n) is 7.23. The molecule has 5 rings (SSSR count). The van der Waals surface area contributed by atoms with Crippen molar-refractivity contribution in [3.63, 3.8) is 0 Å². The number of hydrogen-bond donors (Lipinski definition) is 2. The van der Waals surface area contributed by atoms with Crippen LogP contribution in [0.1, 0.15) is 5.56 Å². The van der Waals surface area contributed by atoms with E-state index in [-0.39, 0.29) is 6.61 Å². The van der Waals surface area contributed by atoms with E-state index in [4.69, 9.17) is 24.1 Å². The lowest BCUT2D eigenvalue weighted by Gasteiger charge is -2.19. The molecule has 3 heterocycles. The highest BCUT2D eigenvalue weighted by molar-refractivity contribution is 5.68. The van der Waals surface area contributed by atoms with Crippen molar-refractivity contribution in [1.82, 2.24) is 15.1 Å². The standard InChI is InChI=1S/C24H23N3O4/c28-10-9-25-15-19-16-27(26-24(19)22-2-1-11-29-22)20-6-3-17(4-7-20)18-5-8-21-23(14-18)31-13-12-30-21/h1-8,11,14,16,25,28H,9-10,12-13,15H2. The molecule has 0 fully saturated rings. The van der Waals surface area contributed by atoms with Crippen molar-refractivity contribution in [3.05, 3.63) is 72.6 Å². The molecule has 0 atom stereocenters. The van der Waals surface area contributed by atoms with E-state index in [0.29, 0.717) is 32.1 Å². The van der Waals surface area contributed by atoms with Crippen LogP contribution in [0.5, 0.6) is 11.5 Å². The number of aromatic nitrogens is 2. The Labute approximate surface area is 179 Å². The lowest BCUT2D eigenvalue weighted by Crippen LogP contribution is -2.17. The van der Waals surface area contributed by atoms with E-state index in [1.54, 1.807) is 6.26 Å². The Morgan fingerprint density at radius 2 is 1.77 bits per heavy atom. The van der Waals surface area contributed by atoms with Crippen LogP contribution < -0.4 is 14.8 Å². The van der Waals surface area contributed by atoms with Crippen LogP contribution in [0.4, 0.5) is 0 Å². The summed E-state index contributed by atoms with van der Waals surface area (Å²) in [6.07, 6.45) is 3.63. The minimum atomic E-state index is 0.0888. The van der Waals surface area contributed by atoms with E-state index in [2.05, 4.69) is 17.4 Å². The van der Waals surface area contributed by atoms with Gasteiger partial charge < -0.3 is 24.3 Å². The van der Waals surface area contributed by atoms with Crippen molar-refractivity contribution in [1.29, 1.82) is 0 Å². The molecule has 31 heavy (non-hydrogen) atoms. The lowest BCUT2D eigenvalue weighted by molar-refractivity contribution is 0.171. The Morgan fingerprint density at radius 1 is 0.968 bits per heavy atom. The lowest BCUT2D eigenvalue weighted by atomic mass is 10.0. The number of rotatable bonds is 7. The molecule has 2 aromatic heterocycles. The zero-order chi connectivity index (χ0) is 21.0. The minimum Gasteiger partial charge on any atom is -0.486 e. The molecular formula is C24H23N3O4. The Balaban J connectivity index is 1.42. The second kappa shape index (κ2) is 8.67. The van der Waals surface area contributed by atoms with Gasteiger partial charge in [0.1, 0.15) is 18.9 Å². The SMILES string of the molecule is OCCNCc1cn(-c2ccc(-c3ccc4c(c3)OCCO4)cc2)nc1-c1ccco1. The van der Waals surface area contributed by atoms with Crippen molar-refractivity contribution in [2.75, 3.05) is 26.4 Å². The van der Waals surface area contributed by atoms with E-state index >= 15 is 0 Å². The van der Waals surface area contributed by atoms with Gasteiger partial charge in [0.2, 0.25) is 0 Å². The first-order valence-electron chi connectivity index (χ1n) is 10.3. The van der Waals surface area contributed by atoms with Crippen LogP contribution in [-0.4, -0.2) is 41.3 Å². The van der Waals surface area contributed by atoms with Crippen molar-refractivity contribution in [3.8, 4) is 39.8 Å². The molecule has 0 saturated heterocycles. The largest absolute Gasteiger partial charge is 0.486 e. The van der Waals surface area contributed by atoms with Crippen molar-refractivity contribution in [2.24, 2.45) is 0 Å². The molecule has 4 aromatic rings. The Kier molecular flexibility index (Phi) is 5.43. The van der Waals surface area contributed by atoms with Gasteiger partial charge in [-0.25, -0.2) is 4.68 Å². The number of nitrogens with zero attached hydrogens (tertiary/aromatic N) is 2. The normalized spacial score (nSPS) is 12.8. The third-order valence-electron chi connectivity index (χ3n) is 5.16. The van der Waals surface area contributed by atoms with Gasteiger partial charge in [0.15, 0.2) is 17.3 Å². The van der Waals surface area contributed by atoms with Gasteiger partial charge >= 0.3 is 0 Å².